The number of hydrogen-bond donors (Lipinski definition) is 3. The Bertz CT molecular complexity index is 597. The molecule has 0 bridgehead atoms. The maximum atomic E-state index is 12.2. The van der Waals surface area contributed by atoms with Gasteiger partial charge in [-0.15, -0.1) is 0 Å². The van der Waals surface area contributed by atoms with Crippen molar-refractivity contribution in [1.29, 1.82) is 0 Å². The van der Waals surface area contributed by atoms with Gasteiger partial charge in [-0.3, -0.25) is 14.4 Å². The molecule has 6 nitrogen and oxygen atoms in total. The molecule has 0 saturated heterocycles. The second-order valence-electron chi connectivity index (χ2n) is 6.99. The van der Waals surface area contributed by atoms with E-state index in [4.69, 9.17) is 5.11 Å². The van der Waals surface area contributed by atoms with Gasteiger partial charge in [-0.25, -0.2) is 0 Å². The molecule has 142 valence electrons. The van der Waals surface area contributed by atoms with Crippen LogP contribution in [0.4, 0.5) is 0 Å². The van der Waals surface area contributed by atoms with Crippen molar-refractivity contribution in [2.45, 2.75) is 57.4 Å². The zero-order valence-corrected chi connectivity index (χ0v) is 15.1. The average Bonchev–Trinajstić information content (AvgIpc) is 2.65. The van der Waals surface area contributed by atoms with E-state index in [1.807, 2.05) is 6.07 Å². The van der Waals surface area contributed by atoms with Gasteiger partial charge in [-0.05, 0) is 30.9 Å². The molecule has 0 heterocycles. The Labute approximate surface area is 154 Å². The first-order chi connectivity index (χ1) is 12.5. The zero-order chi connectivity index (χ0) is 18.8. The summed E-state index contributed by atoms with van der Waals surface area (Å²) in [5.41, 5.74) is 0.505. The van der Waals surface area contributed by atoms with Crippen LogP contribution in [-0.2, 0) is 9.59 Å². The molecule has 1 fully saturated rings. The highest BCUT2D eigenvalue weighted by Crippen LogP contribution is 2.28. The highest BCUT2D eigenvalue weighted by atomic mass is 16.4. The maximum Gasteiger partial charge on any atom is 0.303 e. The second kappa shape index (κ2) is 10.6. The number of carboxylic acid groups (broad SMARTS) is 1. The molecule has 1 unspecified atom stereocenters. The number of carboxylic acids is 1. The Balaban J connectivity index is 1.81. The SMILES string of the molecule is O=C(O)CCC(CC1CCCCC1)NC(=O)CNC(=O)c1ccccc1. The highest BCUT2D eigenvalue weighted by Gasteiger charge is 2.21. The van der Waals surface area contributed by atoms with Crippen LogP contribution in [-0.4, -0.2) is 35.5 Å². The van der Waals surface area contributed by atoms with E-state index in [1.54, 1.807) is 24.3 Å². The summed E-state index contributed by atoms with van der Waals surface area (Å²) in [6, 6.07) is 8.57. The summed E-state index contributed by atoms with van der Waals surface area (Å²) < 4.78 is 0. The Hall–Kier alpha value is -2.37. The highest BCUT2D eigenvalue weighted by molar-refractivity contribution is 5.96. The lowest BCUT2D eigenvalue weighted by atomic mass is 9.84. The summed E-state index contributed by atoms with van der Waals surface area (Å²) in [5, 5.41) is 14.4. The van der Waals surface area contributed by atoms with Gasteiger partial charge in [-0.1, -0.05) is 50.3 Å². The quantitative estimate of drug-likeness (QED) is 0.631. The number of aliphatic carboxylic acids is 1. The lowest BCUT2D eigenvalue weighted by Gasteiger charge is -2.27. The van der Waals surface area contributed by atoms with Crippen LogP contribution < -0.4 is 10.6 Å². The van der Waals surface area contributed by atoms with Gasteiger partial charge in [0.1, 0.15) is 0 Å². The van der Waals surface area contributed by atoms with Crippen molar-refractivity contribution in [2.75, 3.05) is 6.54 Å². The van der Waals surface area contributed by atoms with Crippen LogP contribution in [0, 0.1) is 5.92 Å². The van der Waals surface area contributed by atoms with E-state index in [9.17, 15) is 14.4 Å². The van der Waals surface area contributed by atoms with Gasteiger partial charge >= 0.3 is 5.97 Å². The van der Waals surface area contributed by atoms with E-state index in [0.717, 1.165) is 19.3 Å². The van der Waals surface area contributed by atoms with Crippen molar-refractivity contribution in [2.24, 2.45) is 5.92 Å². The molecule has 1 aliphatic carbocycles. The monoisotopic (exact) mass is 360 g/mol. The first-order valence-electron chi connectivity index (χ1n) is 9.39. The number of rotatable bonds is 9. The van der Waals surface area contributed by atoms with Gasteiger partial charge in [0, 0.05) is 18.0 Å². The van der Waals surface area contributed by atoms with Crippen molar-refractivity contribution in [3.05, 3.63) is 35.9 Å². The third-order valence-electron chi connectivity index (χ3n) is 4.86. The molecule has 0 aromatic heterocycles. The van der Waals surface area contributed by atoms with Crippen LogP contribution in [0.2, 0.25) is 0 Å². The molecule has 26 heavy (non-hydrogen) atoms. The Kier molecular flexibility index (Phi) is 8.12. The molecule has 0 aliphatic heterocycles. The fourth-order valence-corrected chi connectivity index (χ4v) is 3.50. The average molecular weight is 360 g/mol. The van der Waals surface area contributed by atoms with E-state index in [1.165, 1.54) is 19.3 Å². The Morgan fingerprint density at radius 2 is 1.77 bits per heavy atom. The number of benzene rings is 1. The molecule has 3 N–H and O–H groups in total. The second-order valence-corrected chi connectivity index (χ2v) is 6.99. The summed E-state index contributed by atoms with van der Waals surface area (Å²) in [7, 11) is 0. The minimum atomic E-state index is -0.856. The topological polar surface area (TPSA) is 95.5 Å². The van der Waals surface area contributed by atoms with Gasteiger partial charge in [0.15, 0.2) is 0 Å². The molecular formula is C20H28N2O4. The molecular weight excluding hydrogens is 332 g/mol. The molecule has 2 amide bonds. The van der Waals surface area contributed by atoms with Crippen molar-refractivity contribution < 1.29 is 19.5 Å². The lowest BCUT2D eigenvalue weighted by Crippen LogP contribution is -2.43. The third kappa shape index (κ3) is 7.25. The van der Waals surface area contributed by atoms with Gasteiger partial charge in [0.05, 0.1) is 6.54 Å². The maximum absolute atomic E-state index is 12.2. The molecule has 1 saturated carbocycles. The number of carbonyl (C=O) groups excluding carboxylic acids is 2. The van der Waals surface area contributed by atoms with E-state index in [-0.39, 0.29) is 30.8 Å². The van der Waals surface area contributed by atoms with Crippen LogP contribution in [0.3, 0.4) is 0 Å². The summed E-state index contributed by atoms with van der Waals surface area (Å²) >= 11 is 0. The first kappa shape index (κ1) is 19.9. The molecule has 0 radical (unpaired) electrons. The first-order valence-corrected chi connectivity index (χ1v) is 9.39. The molecule has 2 rings (SSSR count). The molecule has 1 aromatic carbocycles. The van der Waals surface area contributed by atoms with Gasteiger partial charge in [0.2, 0.25) is 5.91 Å². The molecule has 1 atom stereocenters. The number of amides is 2. The van der Waals surface area contributed by atoms with Crippen molar-refractivity contribution in [3.63, 3.8) is 0 Å². The fraction of sp³-hybridized carbons (Fsp3) is 0.550. The van der Waals surface area contributed by atoms with Crippen molar-refractivity contribution in [3.8, 4) is 0 Å². The smallest absolute Gasteiger partial charge is 0.303 e. The van der Waals surface area contributed by atoms with Gasteiger partial charge in [0.25, 0.3) is 5.91 Å². The number of hydrogen-bond acceptors (Lipinski definition) is 3. The van der Waals surface area contributed by atoms with E-state index in [0.29, 0.717) is 17.9 Å². The van der Waals surface area contributed by atoms with Crippen LogP contribution in [0.5, 0.6) is 0 Å². The van der Waals surface area contributed by atoms with Gasteiger partial charge in [-0.2, -0.15) is 0 Å². The number of carbonyl (C=O) groups is 3. The van der Waals surface area contributed by atoms with Crippen LogP contribution >= 0.6 is 0 Å². The van der Waals surface area contributed by atoms with Crippen LogP contribution in [0.25, 0.3) is 0 Å². The summed E-state index contributed by atoms with van der Waals surface area (Å²) in [4.78, 5) is 35.1. The zero-order valence-electron chi connectivity index (χ0n) is 15.1. The normalized spacial score (nSPS) is 15.8. The molecule has 1 aromatic rings. The molecule has 1 aliphatic rings. The molecule has 6 heteroatoms. The van der Waals surface area contributed by atoms with Crippen LogP contribution in [0.1, 0.15) is 61.7 Å². The van der Waals surface area contributed by atoms with Crippen molar-refractivity contribution in [1.82, 2.24) is 10.6 Å². The summed E-state index contributed by atoms with van der Waals surface area (Å²) in [5.74, 6) is -0.886. The molecule has 0 spiro atoms. The van der Waals surface area contributed by atoms with Gasteiger partial charge < -0.3 is 15.7 Å². The minimum Gasteiger partial charge on any atom is -0.481 e. The predicted octanol–water partition coefficient (Wildman–Crippen LogP) is 2.74. The lowest BCUT2D eigenvalue weighted by molar-refractivity contribution is -0.137. The van der Waals surface area contributed by atoms with E-state index >= 15 is 0 Å². The summed E-state index contributed by atoms with van der Waals surface area (Å²) in [6.07, 6.45) is 7.22. The third-order valence-corrected chi connectivity index (χ3v) is 4.86. The Morgan fingerprint density at radius 1 is 1.08 bits per heavy atom. The van der Waals surface area contributed by atoms with Crippen LogP contribution in [0.15, 0.2) is 30.3 Å². The number of nitrogens with one attached hydrogen (secondary N) is 2. The largest absolute Gasteiger partial charge is 0.481 e. The van der Waals surface area contributed by atoms with E-state index < -0.39 is 5.97 Å². The summed E-state index contributed by atoms with van der Waals surface area (Å²) in [6.45, 7) is -0.109. The van der Waals surface area contributed by atoms with Crippen molar-refractivity contribution >= 4 is 17.8 Å². The fourth-order valence-electron chi connectivity index (χ4n) is 3.50. The van der Waals surface area contributed by atoms with E-state index in [2.05, 4.69) is 10.6 Å². The Morgan fingerprint density at radius 3 is 2.42 bits per heavy atom. The standard InChI is InChI=1S/C20H28N2O4/c23-18(14-21-20(26)16-9-5-2-6-10-16)22-17(11-12-19(24)25)13-15-7-3-1-4-8-15/h2,5-6,9-10,15,17H,1,3-4,7-8,11-14H2,(H,21,26)(H,22,23)(H,24,25). The predicted molar refractivity (Wildman–Crippen MR) is 98.8 cm³/mol. The minimum absolute atomic E-state index is 0.0358.